The van der Waals surface area contributed by atoms with Gasteiger partial charge in [-0.05, 0) is 43.2 Å². The van der Waals surface area contributed by atoms with E-state index in [1.54, 1.807) is 23.2 Å². The molecule has 1 aliphatic rings. The summed E-state index contributed by atoms with van der Waals surface area (Å²) >= 11 is 2.98. The molecule has 0 saturated carbocycles. The zero-order chi connectivity index (χ0) is 23.8. The summed E-state index contributed by atoms with van der Waals surface area (Å²) in [6, 6.07) is 9.18. The molecule has 0 aliphatic carbocycles. The van der Waals surface area contributed by atoms with Gasteiger partial charge < -0.3 is 19.5 Å². The normalized spacial score (nSPS) is 14.5. The third-order valence-corrected chi connectivity index (χ3v) is 7.99. The van der Waals surface area contributed by atoms with Crippen LogP contribution >= 0.6 is 22.7 Å². The van der Waals surface area contributed by atoms with Crippen molar-refractivity contribution >= 4 is 54.8 Å². The van der Waals surface area contributed by atoms with E-state index in [-0.39, 0.29) is 17.7 Å². The Kier molecular flexibility index (Phi) is 6.05. The smallest absolute Gasteiger partial charge is 0.265 e. The molecular weight excluding hydrogens is 472 g/mol. The maximum atomic E-state index is 12.8. The number of hydrogen-bond donors (Lipinski definition) is 1. The van der Waals surface area contributed by atoms with E-state index in [4.69, 9.17) is 9.40 Å². The maximum Gasteiger partial charge on any atom is 0.265 e. The SMILES string of the molecule is Cc1nnc(-c2ccc(NC(=O)c3cc4sc(N5CCC(C(=O)N(C)C)CC5)nc4s3)cc2)o1. The van der Waals surface area contributed by atoms with Crippen LogP contribution in [-0.2, 0) is 4.79 Å². The molecule has 0 bridgehead atoms. The number of amides is 2. The van der Waals surface area contributed by atoms with Gasteiger partial charge in [0.15, 0.2) is 5.13 Å². The third-order valence-electron chi connectivity index (χ3n) is 5.77. The molecule has 0 spiro atoms. The molecular formula is C23H24N6O3S2. The summed E-state index contributed by atoms with van der Waals surface area (Å²) < 4.78 is 6.43. The van der Waals surface area contributed by atoms with E-state index in [1.165, 1.54) is 11.3 Å². The van der Waals surface area contributed by atoms with Crippen LogP contribution < -0.4 is 10.2 Å². The number of rotatable bonds is 5. The van der Waals surface area contributed by atoms with Crippen LogP contribution in [0.2, 0.25) is 0 Å². The number of benzene rings is 1. The van der Waals surface area contributed by atoms with Crippen LogP contribution in [0.25, 0.3) is 21.0 Å². The standard InChI is InChI=1S/C23H24N6O3S2/c1-13-26-27-20(32-13)14-4-6-16(7-5-14)24-19(30)17-12-18-21(33-17)25-23(34-18)29-10-8-15(9-11-29)22(31)28(2)3/h4-7,12,15H,8-11H2,1-3H3,(H,24,30). The summed E-state index contributed by atoms with van der Waals surface area (Å²) in [6.07, 6.45) is 1.67. The number of carbonyl (C=O) groups is 2. The van der Waals surface area contributed by atoms with E-state index in [9.17, 15) is 9.59 Å². The number of nitrogens with zero attached hydrogens (tertiary/aromatic N) is 5. The summed E-state index contributed by atoms with van der Waals surface area (Å²) in [5.74, 6) is 1.08. The van der Waals surface area contributed by atoms with Gasteiger partial charge in [0.05, 0.1) is 9.58 Å². The van der Waals surface area contributed by atoms with Crippen LogP contribution in [0.4, 0.5) is 10.8 Å². The van der Waals surface area contributed by atoms with Crippen LogP contribution in [0.3, 0.4) is 0 Å². The fourth-order valence-electron chi connectivity index (χ4n) is 3.96. The van der Waals surface area contributed by atoms with Crippen molar-refractivity contribution in [2.45, 2.75) is 19.8 Å². The molecule has 4 aromatic rings. The number of thiophene rings is 1. The molecule has 3 aromatic heterocycles. The Bertz CT molecular complexity index is 1300. The number of nitrogens with one attached hydrogen (secondary N) is 1. The Balaban J connectivity index is 1.22. The van der Waals surface area contributed by atoms with Crippen molar-refractivity contribution in [1.82, 2.24) is 20.1 Å². The highest BCUT2D eigenvalue weighted by atomic mass is 32.1. The van der Waals surface area contributed by atoms with E-state index < -0.39 is 0 Å². The average Bonchev–Trinajstić information content (AvgIpc) is 3.54. The summed E-state index contributed by atoms with van der Waals surface area (Å²) in [4.78, 5) is 35.1. The minimum absolute atomic E-state index is 0.0906. The number of anilines is 2. The topological polar surface area (TPSA) is 104 Å². The molecule has 2 amide bonds. The third kappa shape index (κ3) is 4.53. The van der Waals surface area contributed by atoms with Gasteiger partial charge in [0, 0.05) is 51.3 Å². The number of hydrogen-bond acceptors (Lipinski definition) is 9. The van der Waals surface area contributed by atoms with Gasteiger partial charge in [0.1, 0.15) is 4.83 Å². The first-order valence-corrected chi connectivity index (χ1v) is 12.6. The minimum atomic E-state index is -0.166. The molecule has 5 rings (SSSR count). The zero-order valence-corrected chi connectivity index (χ0v) is 20.7. The predicted octanol–water partition coefficient (Wildman–Crippen LogP) is 4.27. The fourth-order valence-corrected chi connectivity index (χ4v) is 6.11. The highest BCUT2D eigenvalue weighted by molar-refractivity contribution is 7.29. The number of aryl methyl sites for hydroxylation is 1. The highest BCUT2D eigenvalue weighted by Gasteiger charge is 2.27. The van der Waals surface area contributed by atoms with Crippen molar-refractivity contribution in [2.24, 2.45) is 5.92 Å². The lowest BCUT2D eigenvalue weighted by molar-refractivity contribution is -0.133. The lowest BCUT2D eigenvalue weighted by atomic mass is 9.96. The number of thiazole rings is 1. The van der Waals surface area contributed by atoms with E-state index in [2.05, 4.69) is 20.4 Å². The minimum Gasteiger partial charge on any atom is -0.421 e. The second kappa shape index (κ2) is 9.15. The van der Waals surface area contributed by atoms with Gasteiger partial charge in [0.25, 0.3) is 5.91 Å². The van der Waals surface area contributed by atoms with Gasteiger partial charge in [0.2, 0.25) is 17.7 Å². The van der Waals surface area contributed by atoms with Gasteiger partial charge >= 0.3 is 0 Å². The zero-order valence-electron chi connectivity index (χ0n) is 19.1. The molecule has 11 heteroatoms. The van der Waals surface area contributed by atoms with Gasteiger partial charge in [-0.1, -0.05) is 11.3 Å². The van der Waals surface area contributed by atoms with E-state index in [1.807, 2.05) is 44.4 Å². The number of aromatic nitrogens is 3. The molecule has 0 atom stereocenters. The van der Waals surface area contributed by atoms with Crippen molar-refractivity contribution in [1.29, 1.82) is 0 Å². The summed E-state index contributed by atoms with van der Waals surface area (Å²) in [7, 11) is 3.62. The predicted molar refractivity (Wildman–Crippen MR) is 134 cm³/mol. The van der Waals surface area contributed by atoms with Crippen molar-refractivity contribution in [3.8, 4) is 11.5 Å². The quantitative estimate of drug-likeness (QED) is 0.440. The van der Waals surface area contributed by atoms with Crippen LogP contribution in [0.15, 0.2) is 34.7 Å². The monoisotopic (exact) mass is 496 g/mol. The first kappa shape index (κ1) is 22.5. The lowest BCUT2D eigenvalue weighted by Gasteiger charge is -2.32. The molecule has 1 saturated heterocycles. The Morgan fingerprint density at radius 2 is 1.85 bits per heavy atom. The van der Waals surface area contributed by atoms with E-state index >= 15 is 0 Å². The van der Waals surface area contributed by atoms with Crippen LogP contribution in [0.1, 0.15) is 28.4 Å². The van der Waals surface area contributed by atoms with Crippen LogP contribution in [-0.4, -0.2) is 59.1 Å². The molecule has 4 heterocycles. The number of carbonyl (C=O) groups excluding carboxylic acids is 2. The van der Waals surface area contributed by atoms with Crippen molar-refractivity contribution < 1.29 is 14.0 Å². The molecule has 0 radical (unpaired) electrons. The van der Waals surface area contributed by atoms with E-state index in [0.717, 1.165) is 46.2 Å². The molecule has 1 aliphatic heterocycles. The van der Waals surface area contributed by atoms with Crippen LogP contribution in [0, 0.1) is 12.8 Å². The highest BCUT2D eigenvalue weighted by Crippen LogP contribution is 2.36. The van der Waals surface area contributed by atoms with Gasteiger partial charge in [-0.3, -0.25) is 9.59 Å². The Morgan fingerprint density at radius 1 is 1.12 bits per heavy atom. The summed E-state index contributed by atoms with van der Waals surface area (Å²) in [5.41, 5.74) is 1.48. The average molecular weight is 497 g/mol. The lowest BCUT2D eigenvalue weighted by Crippen LogP contribution is -2.40. The Hall–Kier alpha value is -3.31. The Morgan fingerprint density at radius 3 is 2.47 bits per heavy atom. The molecule has 176 valence electrons. The molecule has 34 heavy (non-hydrogen) atoms. The summed E-state index contributed by atoms with van der Waals surface area (Å²) in [5, 5.41) is 11.7. The molecule has 9 nitrogen and oxygen atoms in total. The first-order valence-electron chi connectivity index (χ1n) is 11.0. The van der Waals surface area contributed by atoms with Gasteiger partial charge in [-0.2, -0.15) is 0 Å². The van der Waals surface area contributed by atoms with Gasteiger partial charge in [-0.25, -0.2) is 4.98 Å². The molecule has 0 unspecified atom stereocenters. The maximum absolute atomic E-state index is 12.8. The van der Waals surface area contributed by atoms with Gasteiger partial charge in [-0.15, -0.1) is 21.5 Å². The van der Waals surface area contributed by atoms with E-state index in [0.29, 0.717) is 22.3 Å². The second-order valence-electron chi connectivity index (χ2n) is 8.43. The number of fused-ring (bicyclic) bond motifs is 1. The molecule has 1 N–H and O–H groups in total. The molecule has 1 aromatic carbocycles. The Labute approximate surface area is 204 Å². The van der Waals surface area contributed by atoms with Crippen molar-refractivity contribution in [3.63, 3.8) is 0 Å². The fraction of sp³-hybridized carbons (Fsp3) is 0.348. The summed E-state index contributed by atoms with van der Waals surface area (Å²) in [6.45, 7) is 3.38. The van der Waals surface area contributed by atoms with Crippen molar-refractivity contribution in [3.05, 3.63) is 41.1 Å². The van der Waals surface area contributed by atoms with Crippen molar-refractivity contribution in [2.75, 3.05) is 37.4 Å². The second-order valence-corrected chi connectivity index (χ2v) is 10.5. The molecule has 1 fully saturated rings. The number of piperidine rings is 1. The van der Waals surface area contributed by atoms with Crippen LogP contribution in [0.5, 0.6) is 0 Å². The first-order chi connectivity index (χ1) is 16.4. The largest absolute Gasteiger partial charge is 0.421 e.